The van der Waals surface area contributed by atoms with Crippen LogP contribution in [0.15, 0.2) is 64.4 Å². The van der Waals surface area contributed by atoms with Crippen LogP contribution in [-0.4, -0.2) is 17.3 Å². The third-order valence-corrected chi connectivity index (χ3v) is 3.48. The zero-order chi connectivity index (χ0) is 13.7. The molecule has 20 heavy (non-hydrogen) atoms. The van der Waals surface area contributed by atoms with E-state index in [4.69, 9.17) is 4.74 Å². The van der Waals surface area contributed by atoms with Crippen molar-refractivity contribution in [2.45, 2.75) is 6.42 Å². The van der Waals surface area contributed by atoms with Crippen LogP contribution in [0.4, 0.5) is 5.69 Å². The first kappa shape index (κ1) is 11.1. The van der Waals surface area contributed by atoms with E-state index in [1.165, 1.54) is 0 Å². The summed E-state index contributed by atoms with van der Waals surface area (Å²) >= 11 is 0. The second-order valence-corrected chi connectivity index (χ2v) is 4.71. The number of benzene rings is 1. The van der Waals surface area contributed by atoms with Crippen molar-refractivity contribution >= 4 is 23.0 Å². The first-order chi connectivity index (χ1) is 9.74. The Balaban J connectivity index is 2.00. The number of rotatable bonds is 0. The molecule has 0 atom stereocenters. The second kappa shape index (κ2) is 3.87. The van der Waals surface area contributed by atoms with Crippen molar-refractivity contribution in [3.63, 3.8) is 0 Å². The maximum absolute atomic E-state index is 12.1. The van der Waals surface area contributed by atoms with Crippen LogP contribution in [0, 0.1) is 0 Å². The van der Waals surface area contributed by atoms with Crippen LogP contribution in [0.1, 0.15) is 6.42 Å². The average Bonchev–Trinajstić information content (AvgIpc) is 2.43. The number of Topliss-reactive ketones (excluding diaryl/α,β-unsaturated/α-hetero) is 2. The molecule has 4 heteroatoms. The van der Waals surface area contributed by atoms with Crippen LogP contribution in [0.2, 0.25) is 0 Å². The normalized spacial score (nSPS) is 23.2. The molecular weight excluding hydrogens is 254 g/mol. The molecular formula is C16H9NO3. The minimum Gasteiger partial charge on any atom is -0.455 e. The van der Waals surface area contributed by atoms with Crippen LogP contribution in [-0.2, 0) is 9.59 Å². The Morgan fingerprint density at radius 3 is 2.75 bits per heavy atom. The Kier molecular flexibility index (Phi) is 2.15. The fourth-order valence-electron chi connectivity index (χ4n) is 2.41. The van der Waals surface area contributed by atoms with Gasteiger partial charge in [-0.3, -0.25) is 9.59 Å². The lowest BCUT2D eigenvalue weighted by molar-refractivity contribution is -0.134. The molecule has 0 fully saturated rings. The molecule has 96 valence electrons. The van der Waals surface area contributed by atoms with Gasteiger partial charge in [0.1, 0.15) is 11.4 Å². The van der Waals surface area contributed by atoms with Crippen molar-refractivity contribution in [3.8, 4) is 5.75 Å². The Bertz CT molecular complexity index is 794. The van der Waals surface area contributed by atoms with E-state index in [1.807, 2.05) is 24.3 Å². The van der Waals surface area contributed by atoms with E-state index in [0.29, 0.717) is 34.1 Å². The Labute approximate surface area is 114 Å². The molecule has 4 rings (SSSR count). The van der Waals surface area contributed by atoms with Gasteiger partial charge in [0.15, 0.2) is 5.75 Å². The number of fused-ring (bicyclic) bond motifs is 3. The molecule has 0 N–H and O–H groups in total. The van der Waals surface area contributed by atoms with Crippen molar-refractivity contribution in [3.05, 3.63) is 59.4 Å². The number of carbonyl (C=O) groups excluding carboxylic acids is 2. The summed E-state index contributed by atoms with van der Waals surface area (Å²) in [5, 5.41) is 0. The van der Waals surface area contributed by atoms with Crippen molar-refractivity contribution in [1.29, 1.82) is 0 Å². The molecule has 0 radical (unpaired) electrons. The van der Waals surface area contributed by atoms with E-state index < -0.39 is 11.6 Å². The Morgan fingerprint density at radius 1 is 1.10 bits per heavy atom. The van der Waals surface area contributed by atoms with Gasteiger partial charge in [0.25, 0.3) is 0 Å². The smallest absolute Gasteiger partial charge is 0.233 e. The lowest BCUT2D eigenvalue weighted by Gasteiger charge is -2.25. The van der Waals surface area contributed by atoms with Gasteiger partial charge in [-0.2, -0.15) is 0 Å². The SMILES string of the molecule is O=C1CC=C2Oc3ccccc3N=C3C=C/C3=C/2C1=O. The highest BCUT2D eigenvalue weighted by Crippen LogP contribution is 2.38. The predicted molar refractivity (Wildman–Crippen MR) is 73.0 cm³/mol. The lowest BCUT2D eigenvalue weighted by atomic mass is 9.86. The molecule has 1 aromatic carbocycles. The largest absolute Gasteiger partial charge is 0.455 e. The molecule has 2 aliphatic carbocycles. The molecule has 0 amide bonds. The van der Waals surface area contributed by atoms with Gasteiger partial charge in [0.05, 0.1) is 11.3 Å². The van der Waals surface area contributed by atoms with Crippen LogP contribution < -0.4 is 4.74 Å². The highest BCUT2D eigenvalue weighted by atomic mass is 16.5. The quantitative estimate of drug-likeness (QED) is 0.675. The number of carbonyl (C=O) groups is 2. The first-order valence-corrected chi connectivity index (χ1v) is 6.30. The summed E-state index contributed by atoms with van der Waals surface area (Å²) in [7, 11) is 0. The number of ketones is 2. The molecule has 0 saturated carbocycles. The zero-order valence-corrected chi connectivity index (χ0v) is 10.4. The van der Waals surface area contributed by atoms with Crippen LogP contribution in [0.5, 0.6) is 5.75 Å². The van der Waals surface area contributed by atoms with Crippen LogP contribution >= 0.6 is 0 Å². The topological polar surface area (TPSA) is 55.7 Å². The third kappa shape index (κ3) is 1.45. The fraction of sp³-hybridized carbons (Fsp3) is 0.0625. The number of para-hydroxylation sites is 2. The van der Waals surface area contributed by atoms with Crippen molar-refractivity contribution in [2.24, 2.45) is 4.99 Å². The monoisotopic (exact) mass is 263 g/mol. The number of allylic oxidation sites excluding steroid dienone is 5. The molecule has 0 unspecified atom stereocenters. The molecule has 0 spiro atoms. The molecule has 0 saturated heterocycles. The highest BCUT2D eigenvalue weighted by Gasteiger charge is 2.34. The molecule has 1 heterocycles. The van der Waals surface area contributed by atoms with E-state index in [2.05, 4.69) is 4.99 Å². The fourth-order valence-corrected chi connectivity index (χ4v) is 2.41. The average molecular weight is 263 g/mol. The molecule has 1 aliphatic heterocycles. The van der Waals surface area contributed by atoms with E-state index in [0.717, 1.165) is 0 Å². The number of hydrogen-bond acceptors (Lipinski definition) is 4. The zero-order valence-electron chi connectivity index (χ0n) is 10.4. The summed E-state index contributed by atoms with van der Waals surface area (Å²) in [6.07, 6.45) is 5.37. The van der Waals surface area contributed by atoms with Gasteiger partial charge < -0.3 is 4.74 Å². The van der Waals surface area contributed by atoms with Crippen LogP contribution in [0.3, 0.4) is 0 Å². The summed E-state index contributed by atoms with van der Waals surface area (Å²) in [5.41, 5.74) is 2.44. The van der Waals surface area contributed by atoms with Crippen LogP contribution in [0.25, 0.3) is 0 Å². The third-order valence-electron chi connectivity index (χ3n) is 3.48. The Hall–Kier alpha value is -2.75. The van der Waals surface area contributed by atoms with E-state index in [9.17, 15) is 9.59 Å². The Morgan fingerprint density at radius 2 is 1.95 bits per heavy atom. The minimum atomic E-state index is -0.492. The maximum atomic E-state index is 12.1. The number of ether oxygens (including phenoxy) is 1. The lowest BCUT2D eigenvalue weighted by Crippen LogP contribution is -2.28. The summed E-state index contributed by atoms with van der Waals surface area (Å²) < 4.78 is 5.80. The van der Waals surface area contributed by atoms with Gasteiger partial charge in [-0.25, -0.2) is 4.99 Å². The second-order valence-electron chi connectivity index (χ2n) is 4.71. The van der Waals surface area contributed by atoms with Gasteiger partial charge in [0, 0.05) is 12.0 Å². The number of hydrogen-bond donors (Lipinski definition) is 0. The molecule has 4 nitrogen and oxygen atoms in total. The summed E-state index contributed by atoms with van der Waals surface area (Å²) in [6, 6.07) is 7.38. The summed E-state index contributed by atoms with van der Waals surface area (Å²) in [5.74, 6) is 0.140. The van der Waals surface area contributed by atoms with Crippen molar-refractivity contribution < 1.29 is 14.3 Å². The molecule has 0 bridgehead atoms. The van der Waals surface area contributed by atoms with E-state index >= 15 is 0 Å². The summed E-state index contributed by atoms with van der Waals surface area (Å²) in [6.45, 7) is 0. The minimum absolute atomic E-state index is 0.0866. The van der Waals surface area contributed by atoms with Crippen molar-refractivity contribution in [2.75, 3.05) is 0 Å². The molecule has 1 aromatic rings. The number of nitrogens with zero attached hydrogens (tertiary/aromatic N) is 1. The van der Waals surface area contributed by atoms with Gasteiger partial charge in [-0.15, -0.1) is 0 Å². The van der Waals surface area contributed by atoms with Crippen molar-refractivity contribution in [1.82, 2.24) is 0 Å². The van der Waals surface area contributed by atoms with Gasteiger partial charge in [-0.05, 0) is 30.4 Å². The van der Waals surface area contributed by atoms with E-state index in [-0.39, 0.29) is 6.42 Å². The van der Waals surface area contributed by atoms with Gasteiger partial charge in [-0.1, -0.05) is 12.1 Å². The van der Waals surface area contributed by atoms with Gasteiger partial charge >= 0.3 is 0 Å². The number of aliphatic imine (C=N–C) groups is 1. The summed E-state index contributed by atoms with van der Waals surface area (Å²) in [4.78, 5) is 28.2. The molecule has 3 aliphatic rings. The molecule has 0 aromatic heterocycles. The van der Waals surface area contributed by atoms with E-state index in [1.54, 1.807) is 18.2 Å². The highest BCUT2D eigenvalue weighted by molar-refractivity contribution is 6.47. The predicted octanol–water partition coefficient (Wildman–Crippen LogP) is 2.44. The maximum Gasteiger partial charge on any atom is 0.233 e. The first-order valence-electron chi connectivity index (χ1n) is 6.30. The standard InChI is InChI=1S/C16H9NO3/c18-12-7-8-14-15(16(12)19)9-5-6-10(9)17-11-3-1-2-4-13(11)20-14/h1-6,8H,7H2/b15-9+,17-10?. The van der Waals surface area contributed by atoms with Gasteiger partial charge in [0.2, 0.25) is 11.6 Å².